The average molecular weight is 257 g/mol. The minimum atomic E-state index is -3.32. The average Bonchev–Trinajstić information content (AvgIpc) is 2.35. The molecule has 0 aliphatic heterocycles. The van der Waals surface area contributed by atoms with E-state index in [1.807, 2.05) is 6.07 Å². The highest BCUT2D eigenvalue weighted by atomic mass is 32.2. The van der Waals surface area contributed by atoms with Gasteiger partial charge in [-0.05, 0) is 18.6 Å². The zero-order valence-corrected chi connectivity index (χ0v) is 10.3. The van der Waals surface area contributed by atoms with E-state index in [4.69, 9.17) is 0 Å². The Morgan fingerprint density at radius 2 is 2.24 bits per heavy atom. The third kappa shape index (κ3) is 5.41. The van der Waals surface area contributed by atoms with Gasteiger partial charge in [-0.15, -0.1) is 0 Å². The van der Waals surface area contributed by atoms with Gasteiger partial charge in [0.2, 0.25) is 15.9 Å². The molecule has 0 saturated heterocycles. The van der Waals surface area contributed by atoms with Crippen molar-refractivity contribution < 1.29 is 13.2 Å². The monoisotopic (exact) mass is 257 g/mol. The first-order valence-corrected chi connectivity index (χ1v) is 6.81. The summed E-state index contributed by atoms with van der Waals surface area (Å²) in [7, 11) is -3.32. The smallest absolute Gasteiger partial charge is 0.235 e. The molecule has 0 radical (unpaired) electrons. The van der Waals surface area contributed by atoms with E-state index in [0.717, 1.165) is 5.56 Å². The Balaban J connectivity index is 2.32. The summed E-state index contributed by atoms with van der Waals surface area (Å²) in [4.78, 5) is 15.2. The van der Waals surface area contributed by atoms with Crippen LogP contribution >= 0.6 is 0 Å². The van der Waals surface area contributed by atoms with Crippen LogP contribution in [-0.2, 0) is 21.4 Å². The van der Waals surface area contributed by atoms with Crippen LogP contribution in [0.5, 0.6) is 0 Å². The van der Waals surface area contributed by atoms with Crippen molar-refractivity contribution in [1.82, 2.24) is 15.0 Å². The van der Waals surface area contributed by atoms with Crippen LogP contribution in [0, 0.1) is 0 Å². The molecule has 0 aliphatic carbocycles. The summed E-state index contributed by atoms with van der Waals surface area (Å²) in [6.07, 6.45) is 3.27. The molecule has 1 amide bonds. The molecule has 94 valence electrons. The number of amides is 1. The topological polar surface area (TPSA) is 88.2 Å². The minimum absolute atomic E-state index is 0.0388. The molecule has 0 atom stereocenters. The fourth-order valence-electron chi connectivity index (χ4n) is 1.04. The second kappa shape index (κ2) is 6.31. The maximum absolute atomic E-state index is 11.3. The summed E-state index contributed by atoms with van der Waals surface area (Å²) in [5, 5.41) is 2.59. The van der Waals surface area contributed by atoms with Crippen LogP contribution in [0.3, 0.4) is 0 Å². The summed E-state index contributed by atoms with van der Waals surface area (Å²) in [5.74, 6) is -0.408. The van der Waals surface area contributed by atoms with Crippen molar-refractivity contribution in [3.8, 4) is 0 Å². The lowest BCUT2D eigenvalue weighted by Gasteiger charge is -2.06. The summed E-state index contributed by atoms with van der Waals surface area (Å²) >= 11 is 0. The van der Waals surface area contributed by atoms with Gasteiger partial charge in [-0.25, -0.2) is 13.1 Å². The molecule has 17 heavy (non-hydrogen) atoms. The SMILES string of the molecule is CCS(=O)(=O)NCC(=O)NCc1cccnc1. The van der Waals surface area contributed by atoms with Gasteiger partial charge in [0.15, 0.2) is 0 Å². The van der Waals surface area contributed by atoms with Crippen molar-refractivity contribution >= 4 is 15.9 Å². The number of rotatable bonds is 6. The van der Waals surface area contributed by atoms with E-state index in [-0.39, 0.29) is 18.2 Å². The van der Waals surface area contributed by atoms with Crippen molar-refractivity contribution in [1.29, 1.82) is 0 Å². The second-order valence-electron chi connectivity index (χ2n) is 3.36. The largest absolute Gasteiger partial charge is 0.351 e. The number of hydrogen-bond acceptors (Lipinski definition) is 4. The number of nitrogens with one attached hydrogen (secondary N) is 2. The highest BCUT2D eigenvalue weighted by Crippen LogP contribution is 1.93. The first kappa shape index (κ1) is 13.6. The molecular weight excluding hydrogens is 242 g/mol. The highest BCUT2D eigenvalue weighted by Gasteiger charge is 2.08. The van der Waals surface area contributed by atoms with Gasteiger partial charge in [0.05, 0.1) is 12.3 Å². The molecule has 2 N–H and O–H groups in total. The van der Waals surface area contributed by atoms with E-state index < -0.39 is 10.0 Å². The number of hydrogen-bond donors (Lipinski definition) is 2. The van der Waals surface area contributed by atoms with Crippen LogP contribution in [0.4, 0.5) is 0 Å². The Labute approximate surface area is 100 Å². The number of sulfonamides is 1. The number of pyridine rings is 1. The predicted molar refractivity (Wildman–Crippen MR) is 63.5 cm³/mol. The Morgan fingerprint density at radius 1 is 1.47 bits per heavy atom. The molecular formula is C10H15N3O3S. The Bertz CT molecular complexity index is 459. The fourth-order valence-corrected chi connectivity index (χ4v) is 1.60. The van der Waals surface area contributed by atoms with Crippen molar-refractivity contribution in [2.75, 3.05) is 12.3 Å². The Morgan fingerprint density at radius 3 is 2.82 bits per heavy atom. The van der Waals surface area contributed by atoms with Crippen LogP contribution in [0.2, 0.25) is 0 Å². The summed E-state index contributed by atoms with van der Waals surface area (Å²) < 4.78 is 24.3. The first-order valence-electron chi connectivity index (χ1n) is 5.16. The molecule has 1 aromatic heterocycles. The van der Waals surface area contributed by atoms with Gasteiger partial charge in [-0.3, -0.25) is 9.78 Å². The highest BCUT2D eigenvalue weighted by molar-refractivity contribution is 7.89. The second-order valence-corrected chi connectivity index (χ2v) is 5.46. The number of carbonyl (C=O) groups excluding carboxylic acids is 1. The van der Waals surface area contributed by atoms with Gasteiger partial charge in [-0.1, -0.05) is 6.07 Å². The van der Waals surface area contributed by atoms with E-state index in [1.54, 1.807) is 18.5 Å². The third-order valence-corrected chi connectivity index (χ3v) is 3.39. The molecule has 0 spiro atoms. The maximum Gasteiger partial charge on any atom is 0.235 e. The van der Waals surface area contributed by atoms with E-state index >= 15 is 0 Å². The molecule has 0 aromatic carbocycles. The molecule has 1 aromatic rings. The van der Waals surface area contributed by atoms with Crippen molar-refractivity contribution in [2.45, 2.75) is 13.5 Å². The van der Waals surface area contributed by atoms with Gasteiger partial charge in [0, 0.05) is 18.9 Å². The van der Waals surface area contributed by atoms with E-state index in [0.29, 0.717) is 6.54 Å². The van der Waals surface area contributed by atoms with Crippen LogP contribution in [0.15, 0.2) is 24.5 Å². The Hall–Kier alpha value is -1.47. The molecule has 0 bridgehead atoms. The van der Waals surface area contributed by atoms with Crippen molar-refractivity contribution in [3.63, 3.8) is 0 Å². The summed E-state index contributed by atoms with van der Waals surface area (Å²) in [6, 6.07) is 3.59. The van der Waals surface area contributed by atoms with Crippen LogP contribution in [-0.4, -0.2) is 31.6 Å². The van der Waals surface area contributed by atoms with Crippen molar-refractivity contribution in [3.05, 3.63) is 30.1 Å². The van der Waals surface area contributed by atoms with Gasteiger partial charge in [0.1, 0.15) is 0 Å². The van der Waals surface area contributed by atoms with Gasteiger partial charge >= 0.3 is 0 Å². The molecule has 1 heterocycles. The predicted octanol–water partition coefficient (Wildman–Crippen LogP) is -0.363. The van der Waals surface area contributed by atoms with Crippen LogP contribution < -0.4 is 10.0 Å². The minimum Gasteiger partial charge on any atom is -0.351 e. The van der Waals surface area contributed by atoms with Crippen LogP contribution in [0.1, 0.15) is 12.5 Å². The maximum atomic E-state index is 11.3. The van der Waals surface area contributed by atoms with Gasteiger partial charge in [-0.2, -0.15) is 0 Å². The number of nitrogens with zero attached hydrogens (tertiary/aromatic N) is 1. The molecule has 7 heteroatoms. The lowest BCUT2D eigenvalue weighted by Crippen LogP contribution is -2.37. The zero-order valence-electron chi connectivity index (χ0n) is 9.51. The summed E-state index contributed by atoms with van der Waals surface area (Å²) in [6.45, 7) is 1.60. The quantitative estimate of drug-likeness (QED) is 0.728. The molecule has 1 rings (SSSR count). The molecule has 0 aliphatic rings. The summed E-state index contributed by atoms with van der Waals surface area (Å²) in [5.41, 5.74) is 0.860. The number of aromatic nitrogens is 1. The van der Waals surface area contributed by atoms with E-state index in [2.05, 4.69) is 15.0 Å². The van der Waals surface area contributed by atoms with Gasteiger partial charge in [0.25, 0.3) is 0 Å². The lowest BCUT2D eigenvalue weighted by atomic mass is 10.3. The lowest BCUT2D eigenvalue weighted by molar-refractivity contribution is -0.120. The van der Waals surface area contributed by atoms with Crippen molar-refractivity contribution in [2.24, 2.45) is 0 Å². The van der Waals surface area contributed by atoms with E-state index in [1.165, 1.54) is 6.92 Å². The van der Waals surface area contributed by atoms with Crippen LogP contribution in [0.25, 0.3) is 0 Å². The molecule has 0 unspecified atom stereocenters. The van der Waals surface area contributed by atoms with Gasteiger partial charge < -0.3 is 5.32 Å². The number of carbonyl (C=O) groups is 1. The molecule has 6 nitrogen and oxygen atoms in total. The standard InChI is InChI=1S/C10H15N3O3S/c1-2-17(15,16)13-8-10(14)12-7-9-4-3-5-11-6-9/h3-6,13H,2,7-8H2,1H3,(H,12,14). The third-order valence-electron chi connectivity index (χ3n) is 2.05. The molecule has 0 saturated carbocycles. The Kier molecular flexibility index (Phi) is 5.05. The van der Waals surface area contributed by atoms with E-state index in [9.17, 15) is 13.2 Å². The molecule has 0 fully saturated rings. The first-order chi connectivity index (χ1) is 8.03. The fraction of sp³-hybridized carbons (Fsp3) is 0.400. The normalized spacial score (nSPS) is 11.1. The zero-order chi connectivity index (χ0) is 12.7.